The van der Waals surface area contributed by atoms with Gasteiger partial charge in [-0.2, -0.15) is 0 Å². The summed E-state index contributed by atoms with van der Waals surface area (Å²) >= 11 is 7.62. The van der Waals surface area contributed by atoms with Crippen molar-refractivity contribution in [3.8, 4) is 5.75 Å². The molecule has 0 spiro atoms. The third-order valence-electron chi connectivity index (χ3n) is 2.61. The lowest BCUT2D eigenvalue weighted by Crippen LogP contribution is -2.28. The number of hydrogen-bond donors (Lipinski definition) is 1. The Morgan fingerprint density at radius 3 is 2.63 bits per heavy atom. The number of thiazole rings is 1. The van der Waals surface area contributed by atoms with E-state index in [0.29, 0.717) is 17.4 Å². The van der Waals surface area contributed by atoms with Crippen LogP contribution in [-0.2, 0) is 12.1 Å². The fourth-order valence-corrected chi connectivity index (χ4v) is 3.00. The van der Waals surface area contributed by atoms with Gasteiger partial charge in [0, 0.05) is 10.4 Å². The number of benzene rings is 1. The van der Waals surface area contributed by atoms with Crippen LogP contribution in [0.5, 0.6) is 5.75 Å². The summed E-state index contributed by atoms with van der Waals surface area (Å²) in [5, 5.41) is 1.51. The molecule has 0 unspecified atom stereocenters. The van der Waals surface area contributed by atoms with Crippen molar-refractivity contribution in [1.82, 2.24) is 4.98 Å². The van der Waals surface area contributed by atoms with E-state index in [1.807, 2.05) is 39.0 Å². The summed E-state index contributed by atoms with van der Waals surface area (Å²) in [6.45, 7) is 6.34. The Balaban J connectivity index is 2.11. The normalized spacial score (nSPS) is 11.6. The topological polar surface area (TPSA) is 48.1 Å². The summed E-state index contributed by atoms with van der Waals surface area (Å²) in [5.74, 6) is 0.672. The Labute approximate surface area is 122 Å². The summed E-state index contributed by atoms with van der Waals surface area (Å²) in [4.78, 5) is 5.58. The predicted octanol–water partition coefficient (Wildman–Crippen LogP) is 3.88. The van der Waals surface area contributed by atoms with Crippen molar-refractivity contribution in [2.24, 2.45) is 5.73 Å². The molecule has 1 aromatic heterocycles. The average molecular weight is 297 g/mol. The van der Waals surface area contributed by atoms with Crippen LogP contribution in [0.1, 0.15) is 29.4 Å². The number of para-hydroxylation sites is 1. The fraction of sp³-hybridized carbons (Fsp3) is 0.357. The molecule has 19 heavy (non-hydrogen) atoms. The summed E-state index contributed by atoms with van der Waals surface area (Å²) in [7, 11) is 0. The second-order valence-electron chi connectivity index (χ2n) is 4.96. The summed E-state index contributed by atoms with van der Waals surface area (Å²) in [6, 6.07) is 7.41. The number of rotatable bonds is 4. The first-order valence-electron chi connectivity index (χ1n) is 6.01. The molecule has 0 radical (unpaired) electrons. The van der Waals surface area contributed by atoms with Crippen LogP contribution in [-0.4, -0.2) is 4.98 Å². The van der Waals surface area contributed by atoms with Crippen molar-refractivity contribution in [3.05, 3.63) is 44.9 Å². The van der Waals surface area contributed by atoms with Gasteiger partial charge in [-0.25, -0.2) is 4.98 Å². The second-order valence-corrected chi connectivity index (χ2v) is 6.45. The molecule has 1 aromatic carbocycles. The van der Waals surface area contributed by atoms with E-state index < -0.39 is 0 Å². The second kappa shape index (κ2) is 5.49. The van der Waals surface area contributed by atoms with E-state index in [-0.39, 0.29) is 5.54 Å². The van der Waals surface area contributed by atoms with Gasteiger partial charge in [-0.3, -0.25) is 0 Å². The van der Waals surface area contributed by atoms with Gasteiger partial charge in [-0.05, 0) is 32.9 Å². The molecule has 102 valence electrons. The van der Waals surface area contributed by atoms with Gasteiger partial charge in [0.1, 0.15) is 17.4 Å². The highest BCUT2D eigenvalue weighted by molar-refractivity contribution is 7.11. The van der Waals surface area contributed by atoms with E-state index in [0.717, 1.165) is 15.6 Å². The van der Waals surface area contributed by atoms with Crippen LogP contribution in [0.25, 0.3) is 0 Å². The molecule has 2 aromatic rings. The smallest absolute Gasteiger partial charge is 0.140 e. The molecule has 0 aliphatic rings. The molecule has 2 N–H and O–H groups in total. The molecular weight excluding hydrogens is 280 g/mol. The van der Waals surface area contributed by atoms with Crippen molar-refractivity contribution in [2.75, 3.05) is 0 Å². The van der Waals surface area contributed by atoms with Gasteiger partial charge in [-0.1, -0.05) is 23.7 Å². The lowest BCUT2D eigenvalue weighted by atomic mass is 10.0. The summed E-state index contributed by atoms with van der Waals surface area (Å²) in [5.41, 5.74) is 6.71. The Morgan fingerprint density at radius 1 is 1.37 bits per heavy atom. The lowest BCUT2D eigenvalue weighted by molar-refractivity contribution is 0.305. The molecular formula is C14H17ClN2OS. The van der Waals surface area contributed by atoms with Gasteiger partial charge in [-0.15, -0.1) is 11.3 Å². The molecule has 0 saturated heterocycles. The molecule has 0 saturated carbocycles. The van der Waals surface area contributed by atoms with E-state index in [9.17, 15) is 0 Å². The number of halogens is 1. The standard InChI is InChI=1S/C14H17ClN2OS/c1-9-13(14(2,3)16)19-12(17-9)8-18-11-7-5-4-6-10(11)15/h4-7H,8,16H2,1-3H3. The number of aryl methyl sites for hydroxylation is 1. The molecule has 0 aliphatic heterocycles. The van der Waals surface area contributed by atoms with Crippen LogP contribution in [0.4, 0.5) is 0 Å². The first-order valence-corrected chi connectivity index (χ1v) is 7.20. The summed E-state index contributed by atoms with van der Waals surface area (Å²) in [6.07, 6.45) is 0. The first-order chi connectivity index (χ1) is 8.88. The molecule has 0 bridgehead atoms. The minimum Gasteiger partial charge on any atom is -0.485 e. The summed E-state index contributed by atoms with van der Waals surface area (Å²) < 4.78 is 5.68. The molecule has 0 amide bonds. The Morgan fingerprint density at radius 2 is 2.05 bits per heavy atom. The van der Waals surface area contributed by atoms with Crippen LogP contribution in [0, 0.1) is 6.92 Å². The SMILES string of the molecule is Cc1nc(COc2ccccc2Cl)sc1C(C)(C)N. The number of nitrogens with two attached hydrogens (primary N) is 1. The zero-order chi connectivity index (χ0) is 14.0. The zero-order valence-corrected chi connectivity index (χ0v) is 12.8. The van der Waals surface area contributed by atoms with Gasteiger partial charge in [0.15, 0.2) is 0 Å². The van der Waals surface area contributed by atoms with Gasteiger partial charge >= 0.3 is 0 Å². The van der Waals surface area contributed by atoms with Crippen LogP contribution < -0.4 is 10.5 Å². The Kier molecular flexibility index (Phi) is 4.13. The van der Waals surface area contributed by atoms with Crippen molar-refractivity contribution in [1.29, 1.82) is 0 Å². The molecule has 1 heterocycles. The Hall–Kier alpha value is -1.10. The maximum absolute atomic E-state index is 6.11. The zero-order valence-electron chi connectivity index (χ0n) is 11.2. The minimum absolute atomic E-state index is 0.371. The lowest BCUT2D eigenvalue weighted by Gasteiger charge is -2.16. The highest BCUT2D eigenvalue weighted by Gasteiger charge is 2.21. The largest absolute Gasteiger partial charge is 0.485 e. The van der Waals surface area contributed by atoms with Gasteiger partial charge < -0.3 is 10.5 Å². The van der Waals surface area contributed by atoms with Crippen LogP contribution in [0.3, 0.4) is 0 Å². The molecule has 3 nitrogen and oxygen atoms in total. The van der Waals surface area contributed by atoms with Crippen molar-refractivity contribution in [2.45, 2.75) is 32.9 Å². The highest BCUT2D eigenvalue weighted by Crippen LogP contribution is 2.29. The minimum atomic E-state index is -0.371. The van der Waals surface area contributed by atoms with Crippen LogP contribution >= 0.6 is 22.9 Å². The number of nitrogens with zero attached hydrogens (tertiary/aromatic N) is 1. The molecule has 2 rings (SSSR count). The Bertz CT molecular complexity index is 575. The van der Waals surface area contributed by atoms with E-state index >= 15 is 0 Å². The first kappa shape index (κ1) is 14.3. The number of aromatic nitrogens is 1. The highest BCUT2D eigenvalue weighted by atomic mass is 35.5. The van der Waals surface area contributed by atoms with Gasteiger partial charge in [0.05, 0.1) is 10.7 Å². The third kappa shape index (κ3) is 3.47. The van der Waals surface area contributed by atoms with Crippen molar-refractivity contribution in [3.63, 3.8) is 0 Å². The van der Waals surface area contributed by atoms with E-state index in [4.69, 9.17) is 22.1 Å². The fourth-order valence-electron chi connectivity index (χ4n) is 1.81. The molecule has 0 fully saturated rings. The average Bonchev–Trinajstić information content (AvgIpc) is 2.69. The number of ether oxygens (including phenoxy) is 1. The maximum atomic E-state index is 6.11. The van der Waals surface area contributed by atoms with E-state index in [2.05, 4.69) is 4.98 Å². The predicted molar refractivity (Wildman–Crippen MR) is 79.8 cm³/mol. The monoisotopic (exact) mass is 296 g/mol. The van der Waals surface area contributed by atoms with Crippen molar-refractivity contribution >= 4 is 22.9 Å². The molecule has 5 heteroatoms. The van der Waals surface area contributed by atoms with E-state index in [1.165, 1.54) is 0 Å². The van der Waals surface area contributed by atoms with Crippen molar-refractivity contribution < 1.29 is 4.74 Å². The van der Waals surface area contributed by atoms with Crippen LogP contribution in [0.2, 0.25) is 5.02 Å². The number of hydrogen-bond acceptors (Lipinski definition) is 4. The van der Waals surface area contributed by atoms with Gasteiger partial charge in [0.25, 0.3) is 0 Å². The molecule has 0 atom stereocenters. The van der Waals surface area contributed by atoms with Crippen LogP contribution in [0.15, 0.2) is 24.3 Å². The maximum Gasteiger partial charge on any atom is 0.140 e. The molecule has 0 aliphatic carbocycles. The van der Waals surface area contributed by atoms with Gasteiger partial charge in [0.2, 0.25) is 0 Å². The van der Waals surface area contributed by atoms with E-state index in [1.54, 1.807) is 17.4 Å². The third-order valence-corrected chi connectivity index (χ3v) is 4.40. The quantitative estimate of drug-likeness (QED) is 0.931.